The highest BCUT2D eigenvalue weighted by atomic mass is 35.5. The molecular weight excluding hydrogens is 314 g/mol. The van der Waals surface area contributed by atoms with Gasteiger partial charge >= 0.3 is 0 Å². The van der Waals surface area contributed by atoms with E-state index >= 15 is 0 Å². The molecule has 23 heavy (non-hydrogen) atoms. The minimum absolute atomic E-state index is 0.00415. The van der Waals surface area contributed by atoms with Crippen molar-refractivity contribution in [3.05, 3.63) is 52.3 Å². The van der Waals surface area contributed by atoms with Gasteiger partial charge < -0.3 is 9.84 Å². The van der Waals surface area contributed by atoms with Crippen LogP contribution in [0.4, 0.5) is 0 Å². The second-order valence-corrected chi connectivity index (χ2v) is 6.25. The predicted octanol–water partition coefficient (Wildman–Crippen LogP) is 2.32. The zero-order valence-corrected chi connectivity index (χ0v) is 14.2. The van der Waals surface area contributed by atoms with E-state index in [1.54, 1.807) is 4.68 Å². The number of ether oxygens (including phenoxy) is 1. The lowest BCUT2D eigenvalue weighted by molar-refractivity contribution is -0.0960. The fraction of sp³-hybridized carbons (Fsp3) is 0.471. The van der Waals surface area contributed by atoms with Crippen LogP contribution < -0.4 is 0 Å². The van der Waals surface area contributed by atoms with Gasteiger partial charge in [-0.1, -0.05) is 41.9 Å². The van der Waals surface area contributed by atoms with Crippen LogP contribution in [0, 0.1) is 6.92 Å². The Morgan fingerprint density at radius 2 is 2.09 bits per heavy atom. The Labute approximate surface area is 141 Å². The zero-order valence-electron chi connectivity index (χ0n) is 13.4. The summed E-state index contributed by atoms with van der Waals surface area (Å²) < 4.78 is 7.48. The number of aliphatic hydroxyl groups is 1. The van der Waals surface area contributed by atoms with Crippen LogP contribution in [0.15, 0.2) is 30.3 Å². The maximum atomic E-state index is 9.73. The lowest BCUT2D eigenvalue weighted by Crippen LogP contribution is -2.46. The molecule has 1 saturated heterocycles. The van der Waals surface area contributed by atoms with Crippen molar-refractivity contribution in [2.45, 2.75) is 25.6 Å². The molecule has 1 aromatic heterocycles. The second kappa shape index (κ2) is 7.01. The van der Waals surface area contributed by atoms with Crippen molar-refractivity contribution < 1.29 is 9.84 Å². The molecule has 0 radical (unpaired) electrons. The van der Waals surface area contributed by atoms with Gasteiger partial charge in [0.2, 0.25) is 0 Å². The Balaban J connectivity index is 1.91. The van der Waals surface area contributed by atoms with Crippen LogP contribution >= 0.6 is 11.6 Å². The highest BCUT2D eigenvalue weighted by molar-refractivity contribution is 6.30. The number of morpholine rings is 1. The van der Waals surface area contributed by atoms with Gasteiger partial charge in [0.15, 0.2) is 0 Å². The Kier molecular flexibility index (Phi) is 5.02. The average Bonchev–Trinajstić information content (AvgIpc) is 2.81. The first-order valence-corrected chi connectivity index (χ1v) is 8.19. The number of hydrogen-bond donors (Lipinski definition) is 1. The van der Waals surface area contributed by atoms with E-state index in [1.807, 2.05) is 32.2 Å². The summed E-state index contributed by atoms with van der Waals surface area (Å²) in [5.74, 6) is 0. The van der Waals surface area contributed by atoms with E-state index in [2.05, 4.69) is 22.1 Å². The Bertz CT molecular complexity index is 659. The monoisotopic (exact) mass is 335 g/mol. The van der Waals surface area contributed by atoms with E-state index in [9.17, 15) is 5.11 Å². The maximum absolute atomic E-state index is 9.73. The number of halogens is 1. The van der Waals surface area contributed by atoms with Crippen LogP contribution in [0.25, 0.3) is 0 Å². The summed E-state index contributed by atoms with van der Waals surface area (Å²) in [5, 5.41) is 14.8. The molecule has 1 aliphatic heterocycles. The molecule has 0 unspecified atom stereocenters. The number of aliphatic hydroxyl groups excluding tert-OH is 1. The van der Waals surface area contributed by atoms with Gasteiger partial charge in [0.05, 0.1) is 24.9 Å². The normalized spacial score (nSPS) is 22.4. The Morgan fingerprint density at radius 1 is 1.35 bits per heavy atom. The third-order valence-electron chi connectivity index (χ3n) is 4.41. The molecule has 1 fully saturated rings. The van der Waals surface area contributed by atoms with E-state index in [4.69, 9.17) is 16.3 Å². The lowest BCUT2D eigenvalue weighted by atomic mass is 9.98. The van der Waals surface area contributed by atoms with Gasteiger partial charge in [-0.2, -0.15) is 5.10 Å². The summed E-state index contributed by atoms with van der Waals surface area (Å²) in [6, 6.07) is 10.2. The van der Waals surface area contributed by atoms with E-state index in [0.29, 0.717) is 18.3 Å². The SMILES string of the molecule is Cc1nn(C)c(Cl)c1CN1CCO[C@H](CO)[C@H]1c1ccccc1. The third kappa shape index (κ3) is 3.28. The van der Waals surface area contributed by atoms with E-state index in [-0.39, 0.29) is 18.8 Å². The van der Waals surface area contributed by atoms with Gasteiger partial charge in [-0.25, -0.2) is 0 Å². The standard InChI is InChI=1S/C17H22ClN3O2/c1-12-14(17(18)20(2)19-12)10-21-8-9-23-15(11-22)16(21)13-6-4-3-5-7-13/h3-7,15-16,22H,8-11H2,1-2H3/t15-,16-/m1/s1. The summed E-state index contributed by atoms with van der Waals surface area (Å²) in [6.45, 7) is 4.06. The quantitative estimate of drug-likeness (QED) is 0.931. The highest BCUT2D eigenvalue weighted by Gasteiger charge is 2.34. The fourth-order valence-corrected chi connectivity index (χ4v) is 3.48. The second-order valence-electron chi connectivity index (χ2n) is 5.90. The van der Waals surface area contributed by atoms with Crippen molar-refractivity contribution >= 4 is 11.6 Å². The molecule has 6 heteroatoms. The Hall–Kier alpha value is -1.40. The molecule has 5 nitrogen and oxygen atoms in total. The molecule has 0 amide bonds. The van der Waals surface area contributed by atoms with Gasteiger partial charge in [-0.15, -0.1) is 0 Å². The molecular formula is C17H22ClN3O2. The van der Waals surface area contributed by atoms with Crippen molar-refractivity contribution in [1.29, 1.82) is 0 Å². The molecule has 1 N–H and O–H groups in total. The van der Waals surface area contributed by atoms with Gasteiger partial charge in [0.1, 0.15) is 11.3 Å². The molecule has 2 aromatic rings. The van der Waals surface area contributed by atoms with Gasteiger partial charge in [-0.3, -0.25) is 9.58 Å². The molecule has 2 heterocycles. The van der Waals surface area contributed by atoms with Crippen LogP contribution in [0.3, 0.4) is 0 Å². The molecule has 1 aliphatic rings. The van der Waals surface area contributed by atoms with Crippen LogP contribution in [0.1, 0.15) is 22.9 Å². The highest BCUT2D eigenvalue weighted by Crippen LogP contribution is 2.32. The number of nitrogens with zero attached hydrogens (tertiary/aromatic N) is 3. The van der Waals surface area contributed by atoms with E-state index in [0.717, 1.165) is 23.4 Å². The minimum Gasteiger partial charge on any atom is -0.394 e. The van der Waals surface area contributed by atoms with Crippen LogP contribution in [-0.2, 0) is 18.3 Å². The molecule has 0 spiro atoms. The van der Waals surface area contributed by atoms with Gasteiger partial charge in [-0.05, 0) is 12.5 Å². The van der Waals surface area contributed by atoms with Gasteiger partial charge in [0.25, 0.3) is 0 Å². The van der Waals surface area contributed by atoms with Crippen LogP contribution in [0.2, 0.25) is 5.15 Å². The first-order chi connectivity index (χ1) is 11.1. The number of hydrogen-bond acceptors (Lipinski definition) is 4. The number of aryl methyl sites for hydroxylation is 2. The molecule has 0 saturated carbocycles. The number of benzene rings is 1. The van der Waals surface area contributed by atoms with Crippen molar-refractivity contribution in [2.24, 2.45) is 7.05 Å². The summed E-state index contributed by atoms with van der Waals surface area (Å²) in [5.41, 5.74) is 3.12. The zero-order chi connectivity index (χ0) is 16.4. The molecule has 0 aliphatic carbocycles. The van der Waals surface area contributed by atoms with Crippen molar-refractivity contribution in [3.63, 3.8) is 0 Å². The fourth-order valence-electron chi connectivity index (χ4n) is 3.25. The molecule has 3 rings (SSSR count). The Morgan fingerprint density at radius 3 is 2.70 bits per heavy atom. The average molecular weight is 336 g/mol. The molecule has 0 bridgehead atoms. The molecule has 124 valence electrons. The van der Waals surface area contributed by atoms with E-state index < -0.39 is 0 Å². The third-order valence-corrected chi connectivity index (χ3v) is 4.88. The first kappa shape index (κ1) is 16.5. The number of rotatable bonds is 4. The summed E-state index contributed by atoms with van der Waals surface area (Å²) in [4.78, 5) is 2.32. The van der Waals surface area contributed by atoms with Crippen LogP contribution in [-0.4, -0.2) is 45.6 Å². The maximum Gasteiger partial charge on any atom is 0.131 e. The summed E-state index contributed by atoms with van der Waals surface area (Å²) >= 11 is 6.39. The predicted molar refractivity (Wildman–Crippen MR) is 89.4 cm³/mol. The van der Waals surface area contributed by atoms with E-state index in [1.165, 1.54) is 0 Å². The van der Waals surface area contributed by atoms with Crippen LogP contribution in [0.5, 0.6) is 0 Å². The first-order valence-electron chi connectivity index (χ1n) is 7.81. The number of aromatic nitrogens is 2. The lowest BCUT2D eigenvalue weighted by Gasteiger charge is -2.41. The largest absolute Gasteiger partial charge is 0.394 e. The summed E-state index contributed by atoms with van der Waals surface area (Å²) in [6.07, 6.45) is -0.234. The summed E-state index contributed by atoms with van der Waals surface area (Å²) in [7, 11) is 1.85. The van der Waals surface area contributed by atoms with Gasteiger partial charge in [0, 0.05) is 25.7 Å². The van der Waals surface area contributed by atoms with Crippen molar-refractivity contribution in [3.8, 4) is 0 Å². The minimum atomic E-state index is -0.234. The topological polar surface area (TPSA) is 50.5 Å². The smallest absolute Gasteiger partial charge is 0.131 e. The molecule has 2 atom stereocenters. The van der Waals surface area contributed by atoms with Crippen molar-refractivity contribution in [2.75, 3.05) is 19.8 Å². The van der Waals surface area contributed by atoms with Crippen molar-refractivity contribution in [1.82, 2.24) is 14.7 Å². The molecule has 1 aromatic carbocycles.